The van der Waals surface area contributed by atoms with E-state index < -0.39 is 0 Å². The van der Waals surface area contributed by atoms with Crippen molar-refractivity contribution in [2.75, 3.05) is 5.32 Å². The van der Waals surface area contributed by atoms with Crippen molar-refractivity contribution in [1.29, 1.82) is 0 Å². The van der Waals surface area contributed by atoms with Gasteiger partial charge in [0.25, 0.3) is 0 Å². The van der Waals surface area contributed by atoms with E-state index in [-0.39, 0.29) is 17.9 Å². The summed E-state index contributed by atoms with van der Waals surface area (Å²) in [7, 11) is 0. The third-order valence-electron chi connectivity index (χ3n) is 3.33. The number of carbonyl (C=O) groups excluding carboxylic acids is 1. The van der Waals surface area contributed by atoms with Gasteiger partial charge in [0, 0.05) is 17.6 Å². The Hall–Kier alpha value is -1.35. The molecule has 1 aliphatic carbocycles. The van der Waals surface area contributed by atoms with Crippen LogP contribution in [-0.2, 0) is 11.2 Å². The van der Waals surface area contributed by atoms with Crippen molar-refractivity contribution < 1.29 is 4.79 Å². The average Bonchev–Trinajstić information content (AvgIpc) is 3.16. The van der Waals surface area contributed by atoms with Crippen LogP contribution in [0.1, 0.15) is 38.2 Å². The highest BCUT2D eigenvalue weighted by atomic mass is 16.2. The van der Waals surface area contributed by atoms with E-state index in [9.17, 15) is 4.79 Å². The van der Waals surface area contributed by atoms with Gasteiger partial charge in [0.05, 0.1) is 0 Å². The standard InChI is InChI=1S/C15H22N2O/c1-2-3-13(16)10-11-4-8-14(9-5-11)17-15(18)12-6-7-12/h4-5,8-9,12-13H,2-3,6-7,10,16H2,1H3,(H,17,18). The lowest BCUT2D eigenvalue weighted by molar-refractivity contribution is -0.117. The van der Waals surface area contributed by atoms with Crippen molar-refractivity contribution in [3.8, 4) is 0 Å². The summed E-state index contributed by atoms with van der Waals surface area (Å²) in [5.74, 6) is 0.410. The third-order valence-corrected chi connectivity index (χ3v) is 3.33. The van der Waals surface area contributed by atoms with Crippen molar-refractivity contribution in [2.45, 2.75) is 45.1 Å². The zero-order valence-electron chi connectivity index (χ0n) is 11.0. The predicted octanol–water partition coefficient (Wildman–Crippen LogP) is 2.71. The van der Waals surface area contributed by atoms with Gasteiger partial charge in [-0.15, -0.1) is 0 Å². The minimum atomic E-state index is 0.158. The van der Waals surface area contributed by atoms with E-state index in [1.807, 2.05) is 12.1 Å². The summed E-state index contributed by atoms with van der Waals surface area (Å²) < 4.78 is 0. The summed E-state index contributed by atoms with van der Waals surface area (Å²) in [5, 5.41) is 2.94. The molecule has 3 N–H and O–H groups in total. The largest absolute Gasteiger partial charge is 0.327 e. The second-order valence-electron chi connectivity index (χ2n) is 5.21. The Balaban J connectivity index is 1.86. The highest BCUT2D eigenvalue weighted by molar-refractivity contribution is 5.93. The number of carbonyl (C=O) groups is 1. The first-order chi connectivity index (χ1) is 8.69. The topological polar surface area (TPSA) is 55.1 Å². The van der Waals surface area contributed by atoms with Crippen molar-refractivity contribution >= 4 is 11.6 Å². The molecular weight excluding hydrogens is 224 g/mol. The monoisotopic (exact) mass is 246 g/mol. The number of hydrogen-bond acceptors (Lipinski definition) is 2. The van der Waals surface area contributed by atoms with E-state index in [2.05, 4.69) is 24.4 Å². The minimum absolute atomic E-state index is 0.158. The van der Waals surface area contributed by atoms with Crippen molar-refractivity contribution in [2.24, 2.45) is 11.7 Å². The van der Waals surface area contributed by atoms with Crippen LogP contribution in [0.4, 0.5) is 5.69 Å². The molecule has 1 amide bonds. The highest BCUT2D eigenvalue weighted by Gasteiger charge is 2.29. The molecule has 0 heterocycles. The second-order valence-corrected chi connectivity index (χ2v) is 5.21. The molecule has 0 saturated heterocycles. The van der Waals surface area contributed by atoms with Crippen LogP contribution in [0.2, 0.25) is 0 Å². The van der Waals surface area contributed by atoms with Crippen LogP contribution in [0.15, 0.2) is 24.3 Å². The van der Waals surface area contributed by atoms with E-state index in [4.69, 9.17) is 5.73 Å². The first-order valence-corrected chi connectivity index (χ1v) is 6.84. The van der Waals surface area contributed by atoms with Crippen molar-refractivity contribution in [3.63, 3.8) is 0 Å². The summed E-state index contributed by atoms with van der Waals surface area (Å²) in [6, 6.07) is 8.28. The van der Waals surface area contributed by atoms with E-state index >= 15 is 0 Å². The summed E-state index contributed by atoms with van der Waals surface area (Å²) in [6.07, 6.45) is 5.16. The van der Waals surface area contributed by atoms with Gasteiger partial charge in [-0.2, -0.15) is 0 Å². The molecule has 1 aliphatic rings. The smallest absolute Gasteiger partial charge is 0.227 e. The normalized spacial score (nSPS) is 16.3. The maximum Gasteiger partial charge on any atom is 0.227 e. The lowest BCUT2D eigenvalue weighted by Gasteiger charge is -2.11. The molecule has 3 heteroatoms. The van der Waals surface area contributed by atoms with Crippen LogP contribution < -0.4 is 11.1 Å². The summed E-state index contributed by atoms with van der Waals surface area (Å²) in [6.45, 7) is 2.15. The predicted molar refractivity (Wildman–Crippen MR) is 74.4 cm³/mol. The maximum atomic E-state index is 11.6. The van der Waals surface area contributed by atoms with Crippen LogP contribution in [0.25, 0.3) is 0 Å². The Morgan fingerprint density at radius 3 is 2.61 bits per heavy atom. The molecule has 98 valence electrons. The molecule has 0 bridgehead atoms. The van der Waals surface area contributed by atoms with Crippen LogP contribution in [0.3, 0.4) is 0 Å². The number of nitrogens with two attached hydrogens (primary N) is 1. The van der Waals surface area contributed by atoms with Gasteiger partial charge < -0.3 is 11.1 Å². The van der Waals surface area contributed by atoms with Crippen LogP contribution >= 0.6 is 0 Å². The van der Waals surface area contributed by atoms with E-state index in [1.165, 1.54) is 5.56 Å². The van der Waals surface area contributed by atoms with Gasteiger partial charge in [0.15, 0.2) is 0 Å². The SMILES string of the molecule is CCCC(N)Cc1ccc(NC(=O)C2CC2)cc1. The second kappa shape index (κ2) is 6.01. The average molecular weight is 246 g/mol. The fraction of sp³-hybridized carbons (Fsp3) is 0.533. The van der Waals surface area contributed by atoms with Gasteiger partial charge in [-0.25, -0.2) is 0 Å². The molecule has 3 nitrogen and oxygen atoms in total. The summed E-state index contributed by atoms with van der Waals surface area (Å²) in [4.78, 5) is 11.6. The van der Waals surface area contributed by atoms with Gasteiger partial charge in [-0.1, -0.05) is 25.5 Å². The molecule has 0 aromatic heterocycles. The van der Waals surface area contributed by atoms with E-state index in [0.29, 0.717) is 0 Å². The Morgan fingerprint density at radius 2 is 2.06 bits per heavy atom. The molecule has 0 aliphatic heterocycles. The Labute approximate surface area is 109 Å². The maximum absolute atomic E-state index is 11.6. The Morgan fingerprint density at radius 1 is 1.39 bits per heavy atom. The zero-order valence-corrected chi connectivity index (χ0v) is 11.0. The lowest BCUT2D eigenvalue weighted by Crippen LogP contribution is -2.22. The lowest BCUT2D eigenvalue weighted by atomic mass is 10.0. The van der Waals surface area contributed by atoms with E-state index in [0.717, 1.165) is 37.8 Å². The van der Waals surface area contributed by atoms with Gasteiger partial charge >= 0.3 is 0 Å². The molecule has 1 aromatic rings. The highest BCUT2D eigenvalue weighted by Crippen LogP contribution is 2.30. The number of benzene rings is 1. The Bertz CT molecular complexity index is 395. The molecule has 2 rings (SSSR count). The quantitative estimate of drug-likeness (QED) is 0.811. The molecular formula is C15H22N2O. The van der Waals surface area contributed by atoms with Crippen LogP contribution in [0, 0.1) is 5.92 Å². The van der Waals surface area contributed by atoms with Crippen molar-refractivity contribution in [1.82, 2.24) is 0 Å². The van der Waals surface area contributed by atoms with Gasteiger partial charge in [-0.3, -0.25) is 4.79 Å². The molecule has 1 saturated carbocycles. The van der Waals surface area contributed by atoms with Crippen LogP contribution in [0.5, 0.6) is 0 Å². The molecule has 18 heavy (non-hydrogen) atoms. The van der Waals surface area contributed by atoms with Gasteiger partial charge in [-0.05, 0) is 43.4 Å². The van der Waals surface area contributed by atoms with Crippen LogP contribution in [-0.4, -0.2) is 11.9 Å². The third kappa shape index (κ3) is 3.84. The zero-order chi connectivity index (χ0) is 13.0. The first-order valence-electron chi connectivity index (χ1n) is 6.84. The number of amides is 1. The fourth-order valence-electron chi connectivity index (χ4n) is 2.09. The molecule has 1 unspecified atom stereocenters. The number of anilines is 1. The molecule has 1 aromatic carbocycles. The number of nitrogens with one attached hydrogen (secondary N) is 1. The molecule has 1 fully saturated rings. The number of hydrogen-bond donors (Lipinski definition) is 2. The summed E-state index contributed by atoms with van der Waals surface area (Å²) in [5.41, 5.74) is 8.14. The fourth-order valence-corrected chi connectivity index (χ4v) is 2.09. The molecule has 0 spiro atoms. The van der Waals surface area contributed by atoms with Gasteiger partial charge in [0.2, 0.25) is 5.91 Å². The van der Waals surface area contributed by atoms with E-state index in [1.54, 1.807) is 0 Å². The minimum Gasteiger partial charge on any atom is -0.327 e. The summed E-state index contributed by atoms with van der Waals surface area (Å²) >= 11 is 0. The Kier molecular flexibility index (Phi) is 4.37. The van der Waals surface area contributed by atoms with Gasteiger partial charge in [0.1, 0.15) is 0 Å². The van der Waals surface area contributed by atoms with Crippen molar-refractivity contribution in [3.05, 3.63) is 29.8 Å². The number of rotatable bonds is 6. The first kappa shape index (κ1) is 13.1. The molecule has 0 radical (unpaired) electrons. The molecule has 1 atom stereocenters.